The van der Waals surface area contributed by atoms with E-state index in [0.717, 1.165) is 11.0 Å². The summed E-state index contributed by atoms with van der Waals surface area (Å²) < 4.78 is 13.0. The first-order valence-corrected chi connectivity index (χ1v) is 5.71. The largest absolute Gasteiger partial charge is 0.480 e. The van der Waals surface area contributed by atoms with Crippen molar-refractivity contribution >= 4 is 17.7 Å². The molecule has 7 heteroatoms. The maximum absolute atomic E-state index is 13.0. The molecule has 2 rings (SSSR count). The fourth-order valence-electron chi connectivity index (χ4n) is 2.03. The summed E-state index contributed by atoms with van der Waals surface area (Å²) in [7, 11) is 0. The molecule has 19 heavy (non-hydrogen) atoms. The molecule has 0 saturated carbocycles. The quantitative estimate of drug-likeness (QED) is 0.742. The second-order valence-electron chi connectivity index (χ2n) is 4.34. The first-order chi connectivity index (χ1) is 8.97. The van der Waals surface area contributed by atoms with E-state index >= 15 is 0 Å². The summed E-state index contributed by atoms with van der Waals surface area (Å²) in [6.45, 7) is -0.0574. The van der Waals surface area contributed by atoms with Crippen LogP contribution in [0, 0.1) is 5.82 Å². The van der Waals surface area contributed by atoms with E-state index < -0.39 is 30.0 Å². The lowest BCUT2D eigenvalue weighted by Crippen LogP contribution is -2.43. The number of amides is 2. The number of benzene rings is 1. The molecule has 102 valence electrons. The molecule has 1 aliphatic heterocycles. The number of carboxylic acid groups (broad SMARTS) is 1. The molecular weight excluding hydrogens is 255 g/mol. The summed E-state index contributed by atoms with van der Waals surface area (Å²) >= 11 is 0. The molecule has 0 aromatic heterocycles. The predicted octanol–water partition coefficient (Wildman–Crippen LogP) is 0.877. The topological polar surface area (TPSA) is 89.9 Å². The fourth-order valence-corrected chi connectivity index (χ4v) is 2.03. The highest BCUT2D eigenvalue weighted by atomic mass is 19.1. The molecule has 1 aromatic carbocycles. The van der Waals surface area contributed by atoms with Crippen LogP contribution >= 0.6 is 0 Å². The SMILES string of the molecule is O=C(O)[C@@H]1C[C@@H](O)CN1C(=O)Nc1cccc(F)c1. The Morgan fingerprint density at radius 1 is 1.42 bits per heavy atom. The van der Waals surface area contributed by atoms with E-state index in [4.69, 9.17) is 5.11 Å². The zero-order chi connectivity index (χ0) is 14.0. The predicted molar refractivity (Wildman–Crippen MR) is 64.2 cm³/mol. The maximum Gasteiger partial charge on any atom is 0.326 e. The van der Waals surface area contributed by atoms with Crippen molar-refractivity contribution < 1.29 is 24.2 Å². The van der Waals surface area contributed by atoms with Crippen LogP contribution in [0.1, 0.15) is 6.42 Å². The fraction of sp³-hybridized carbons (Fsp3) is 0.333. The van der Waals surface area contributed by atoms with Gasteiger partial charge in [0.25, 0.3) is 0 Å². The van der Waals surface area contributed by atoms with Crippen molar-refractivity contribution in [3.05, 3.63) is 30.1 Å². The van der Waals surface area contributed by atoms with Crippen LogP contribution in [0.3, 0.4) is 0 Å². The number of nitrogens with zero attached hydrogens (tertiary/aromatic N) is 1. The molecule has 2 atom stereocenters. The number of β-amino-alcohol motifs (C(OH)–C–C–N with tert-alkyl or cyclic N) is 1. The van der Waals surface area contributed by atoms with Crippen LogP contribution < -0.4 is 5.32 Å². The van der Waals surface area contributed by atoms with Gasteiger partial charge in [0.05, 0.1) is 6.10 Å². The third-order valence-corrected chi connectivity index (χ3v) is 2.90. The van der Waals surface area contributed by atoms with Gasteiger partial charge < -0.3 is 20.4 Å². The molecule has 6 nitrogen and oxygen atoms in total. The highest BCUT2D eigenvalue weighted by Crippen LogP contribution is 2.20. The Hall–Kier alpha value is -2.15. The molecule has 1 aliphatic rings. The number of nitrogens with one attached hydrogen (secondary N) is 1. The summed E-state index contributed by atoms with van der Waals surface area (Å²) in [5.41, 5.74) is 0.232. The number of aliphatic carboxylic acids is 1. The smallest absolute Gasteiger partial charge is 0.326 e. The summed E-state index contributed by atoms with van der Waals surface area (Å²) in [5.74, 6) is -1.68. The Labute approximate surface area is 108 Å². The second-order valence-corrected chi connectivity index (χ2v) is 4.34. The molecule has 2 amide bonds. The minimum Gasteiger partial charge on any atom is -0.480 e. The number of hydrogen-bond donors (Lipinski definition) is 3. The van der Waals surface area contributed by atoms with Crippen LogP contribution in [0.4, 0.5) is 14.9 Å². The van der Waals surface area contributed by atoms with Gasteiger partial charge >= 0.3 is 12.0 Å². The summed E-state index contributed by atoms with van der Waals surface area (Å²) in [6.07, 6.45) is -0.870. The average Bonchev–Trinajstić information content (AvgIpc) is 2.71. The molecule has 0 bridgehead atoms. The van der Waals surface area contributed by atoms with Crippen LogP contribution in [-0.4, -0.2) is 45.8 Å². The molecule has 0 unspecified atom stereocenters. The number of carbonyl (C=O) groups is 2. The number of rotatable bonds is 2. The van der Waals surface area contributed by atoms with Crippen LogP contribution in [0.25, 0.3) is 0 Å². The molecule has 1 heterocycles. The first-order valence-electron chi connectivity index (χ1n) is 5.71. The molecule has 1 fully saturated rings. The minimum atomic E-state index is -1.18. The molecule has 1 saturated heterocycles. The van der Waals surface area contributed by atoms with Crippen molar-refractivity contribution in [1.29, 1.82) is 0 Å². The Kier molecular flexibility index (Phi) is 3.66. The van der Waals surface area contributed by atoms with Gasteiger partial charge in [0, 0.05) is 18.7 Å². The van der Waals surface area contributed by atoms with Gasteiger partial charge in [-0.05, 0) is 18.2 Å². The Balaban J connectivity index is 2.09. The number of aliphatic hydroxyl groups excluding tert-OH is 1. The van der Waals surface area contributed by atoms with Gasteiger partial charge in [-0.25, -0.2) is 14.0 Å². The number of carbonyl (C=O) groups excluding carboxylic acids is 1. The minimum absolute atomic E-state index is 0.00803. The van der Waals surface area contributed by atoms with E-state index in [2.05, 4.69) is 5.32 Å². The number of aliphatic hydroxyl groups is 1. The number of urea groups is 1. The molecular formula is C12H13FN2O4. The Morgan fingerprint density at radius 3 is 2.79 bits per heavy atom. The summed E-state index contributed by atoms with van der Waals surface area (Å²) in [4.78, 5) is 23.9. The van der Waals surface area contributed by atoms with Crippen molar-refractivity contribution in [2.75, 3.05) is 11.9 Å². The number of halogens is 1. The van der Waals surface area contributed by atoms with Gasteiger partial charge in [0.1, 0.15) is 11.9 Å². The van der Waals surface area contributed by atoms with Crippen molar-refractivity contribution in [3.8, 4) is 0 Å². The van der Waals surface area contributed by atoms with Crippen LogP contribution in [0.5, 0.6) is 0 Å². The van der Waals surface area contributed by atoms with E-state index in [9.17, 15) is 19.1 Å². The lowest BCUT2D eigenvalue weighted by molar-refractivity contribution is -0.141. The van der Waals surface area contributed by atoms with Gasteiger partial charge in [-0.1, -0.05) is 6.07 Å². The summed E-state index contributed by atoms with van der Waals surface area (Å²) in [5, 5.41) is 20.8. The van der Waals surface area contributed by atoms with Gasteiger partial charge in [-0.2, -0.15) is 0 Å². The molecule has 0 spiro atoms. The lowest BCUT2D eigenvalue weighted by Gasteiger charge is -2.21. The van der Waals surface area contributed by atoms with E-state index in [1.807, 2.05) is 0 Å². The third kappa shape index (κ3) is 3.00. The Morgan fingerprint density at radius 2 is 2.16 bits per heavy atom. The van der Waals surface area contributed by atoms with Crippen molar-refractivity contribution in [1.82, 2.24) is 4.90 Å². The van der Waals surface area contributed by atoms with Crippen LogP contribution in [0.2, 0.25) is 0 Å². The maximum atomic E-state index is 13.0. The average molecular weight is 268 g/mol. The van der Waals surface area contributed by atoms with Crippen molar-refractivity contribution in [3.63, 3.8) is 0 Å². The standard InChI is InChI=1S/C12H13FN2O4/c13-7-2-1-3-8(4-7)14-12(19)15-6-9(16)5-10(15)11(17)18/h1-4,9-10,16H,5-6H2,(H,14,19)(H,17,18)/t9-,10+/m1/s1. The highest BCUT2D eigenvalue weighted by molar-refractivity contribution is 5.92. The van der Waals surface area contributed by atoms with Gasteiger partial charge in [-0.3, -0.25) is 0 Å². The normalized spacial score (nSPS) is 22.3. The molecule has 0 aliphatic carbocycles. The summed E-state index contributed by atoms with van der Waals surface area (Å²) in [6, 6.07) is 3.54. The van der Waals surface area contributed by atoms with Crippen LogP contribution in [-0.2, 0) is 4.79 Å². The van der Waals surface area contributed by atoms with Gasteiger partial charge in [0.15, 0.2) is 0 Å². The number of carboxylic acids is 1. The third-order valence-electron chi connectivity index (χ3n) is 2.90. The lowest BCUT2D eigenvalue weighted by atomic mass is 10.2. The van der Waals surface area contributed by atoms with E-state index in [1.54, 1.807) is 0 Å². The molecule has 1 aromatic rings. The second kappa shape index (κ2) is 5.23. The van der Waals surface area contributed by atoms with E-state index in [-0.39, 0.29) is 18.7 Å². The van der Waals surface area contributed by atoms with Crippen molar-refractivity contribution in [2.24, 2.45) is 0 Å². The monoisotopic (exact) mass is 268 g/mol. The van der Waals surface area contributed by atoms with Crippen molar-refractivity contribution in [2.45, 2.75) is 18.6 Å². The Bertz CT molecular complexity index is 508. The van der Waals surface area contributed by atoms with Gasteiger partial charge in [-0.15, -0.1) is 0 Å². The molecule has 0 radical (unpaired) electrons. The zero-order valence-electron chi connectivity index (χ0n) is 9.91. The highest BCUT2D eigenvalue weighted by Gasteiger charge is 2.38. The zero-order valence-corrected chi connectivity index (χ0v) is 9.91. The van der Waals surface area contributed by atoms with Crippen LogP contribution in [0.15, 0.2) is 24.3 Å². The number of anilines is 1. The van der Waals surface area contributed by atoms with E-state index in [0.29, 0.717) is 0 Å². The van der Waals surface area contributed by atoms with Gasteiger partial charge in [0.2, 0.25) is 0 Å². The first kappa shape index (κ1) is 13.3. The number of likely N-dealkylation sites (tertiary alicyclic amines) is 1. The molecule has 3 N–H and O–H groups in total. The number of hydrogen-bond acceptors (Lipinski definition) is 3. The van der Waals surface area contributed by atoms with E-state index in [1.165, 1.54) is 18.2 Å².